The van der Waals surface area contributed by atoms with E-state index in [1.807, 2.05) is 24.3 Å². The molecule has 8 nitrogen and oxygen atoms in total. The normalized spacial score (nSPS) is 16.6. The largest absolute Gasteiger partial charge is 0.454 e. The molecule has 0 spiro atoms. The molecule has 25 heavy (non-hydrogen) atoms. The maximum atomic E-state index is 5.38. The lowest BCUT2D eigenvalue weighted by Gasteiger charge is -2.26. The molecule has 0 radical (unpaired) electrons. The SMILES string of the molecule is c1cc(NCCN2CCOCC2)nc(Nc2ccc3c(c2)OCO3)n1. The monoisotopic (exact) mass is 343 g/mol. The summed E-state index contributed by atoms with van der Waals surface area (Å²) in [4.78, 5) is 11.1. The Morgan fingerprint density at radius 3 is 2.88 bits per heavy atom. The van der Waals surface area contributed by atoms with E-state index >= 15 is 0 Å². The summed E-state index contributed by atoms with van der Waals surface area (Å²) < 4.78 is 16.1. The first-order valence-corrected chi connectivity index (χ1v) is 8.40. The number of nitrogens with one attached hydrogen (secondary N) is 2. The number of anilines is 3. The highest BCUT2D eigenvalue weighted by atomic mass is 16.7. The molecule has 2 aliphatic heterocycles. The van der Waals surface area contributed by atoms with Gasteiger partial charge in [0.2, 0.25) is 12.7 Å². The van der Waals surface area contributed by atoms with Crippen molar-refractivity contribution < 1.29 is 14.2 Å². The van der Waals surface area contributed by atoms with Crippen LogP contribution >= 0.6 is 0 Å². The highest BCUT2D eigenvalue weighted by Crippen LogP contribution is 2.34. The van der Waals surface area contributed by atoms with Gasteiger partial charge in [0.05, 0.1) is 13.2 Å². The van der Waals surface area contributed by atoms with Crippen molar-refractivity contribution in [1.82, 2.24) is 14.9 Å². The molecule has 0 amide bonds. The fraction of sp³-hybridized carbons (Fsp3) is 0.412. The Balaban J connectivity index is 1.33. The highest BCUT2D eigenvalue weighted by molar-refractivity contribution is 5.60. The quantitative estimate of drug-likeness (QED) is 0.820. The zero-order chi connectivity index (χ0) is 16.9. The molecule has 0 unspecified atom stereocenters. The predicted molar refractivity (Wildman–Crippen MR) is 93.6 cm³/mol. The molecule has 1 aromatic carbocycles. The van der Waals surface area contributed by atoms with Gasteiger partial charge < -0.3 is 24.8 Å². The van der Waals surface area contributed by atoms with Gasteiger partial charge in [-0.3, -0.25) is 4.90 Å². The number of morpholine rings is 1. The summed E-state index contributed by atoms with van der Waals surface area (Å²) in [6.45, 7) is 5.68. The summed E-state index contributed by atoms with van der Waals surface area (Å²) in [5.74, 6) is 2.82. The topological polar surface area (TPSA) is 80.8 Å². The van der Waals surface area contributed by atoms with Gasteiger partial charge in [0, 0.05) is 44.1 Å². The van der Waals surface area contributed by atoms with Crippen molar-refractivity contribution in [2.75, 3.05) is 56.8 Å². The number of benzene rings is 1. The molecule has 0 aliphatic carbocycles. The van der Waals surface area contributed by atoms with Crippen molar-refractivity contribution in [2.45, 2.75) is 0 Å². The van der Waals surface area contributed by atoms with Crippen molar-refractivity contribution in [3.05, 3.63) is 30.5 Å². The molecule has 0 bridgehead atoms. The van der Waals surface area contributed by atoms with Crippen molar-refractivity contribution in [1.29, 1.82) is 0 Å². The Kier molecular flexibility index (Phi) is 4.80. The van der Waals surface area contributed by atoms with Crippen LogP contribution in [0, 0.1) is 0 Å². The molecule has 3 heterocycles. The number of fused-ring (bicyclic) bond motifs is 1. The second kappa shape index (κ2) is 7.54. The lowest BCUT2D eigenvalue weighted by Crippen LogP contribution is -2.39. The van der Waals surface area contributed by atoms with E-state index in [-0.39, 0.29) is 6.79 Å². The number of aromatic nitrogens is 2. The van der Waals surface area contributed by atoms with Crippen LogP contribution in [0.2, 0.25) is 0 Å². The Morgan fingerprint density at radius 1 is 1.08 bits per heavy atom. The van der Waals surface area contributed by atoms with Crippen LogP contribution in [0.25, 0.3) is 0 Å². The van der Waals surface area contributed by atoms with Crippen LogP contribution in [-0.4, -0.2) is 61.1 Å². The van der Waals surface area contributed by atoms with E-state index in [4.69, 9.17) is 14.2 Å². The fourth-order valence-electron chi connectivity index (χ4n) is 2.79. The molecule has 1 saturated heterocycles. The van der Waals surface area contributed by atoms with Gasteiger partial charge in [-0.1, -0.05) is 0 Å². The third kappa shape index (κ3) is 4.09. The number of rotatable bonds is 6. The first-order valence-electron chi connectivity index (χ1n) is 8.40. The Hall–Kier alpha value is -2.58. The van der Waals surface area contributed by atoms with Crippen LogP contribution in [0.4, 0.5) is 17.5 Å². The fourth-order valence-corrected chi connectivity index (χ4v) is 2.79. The predicted octanol–water partition coefficient (Wildman–Crippen LogP) is 1.69. The molecular weight excluding hydrogens is 322 g/mol. The van der Waals surface area contributed by atoms with Crippen LogP contribution in [0.1, 0.15) is 0 Å². The van der Waals surface area contributed by atoms with Gasteiger partial charge in [0.25, 0.3) is 0 Å². The van der Waals surface area contributed by atoms with Crippen LogP contribution in [0.5, 0.6) is 11.5 Å². The minimum absolute atomic E-state index is 0.262. The third-order valence-electron chi connectivity index (χ3n) is 4.12. The maximum Gasteiger partial charge on any atom is 0.231 e. The van der Waals surface area contributed by atoms with Crippen LogP contribution in [-0.2, 0) is 4.74 Å². The van der Waals surface area contributed by atoms with E-state index < -0.39 is 0 Å². The van der Waals surface area contributed by atoms with Gasteiger partial charge in [-0.05, 0) is 18.2 Å². The van der Waals surface area contributed by atoms with Gasteiger partial charge in [-0.2, -0.15) is 4.98 Å². The number of nitrogens with zero attached hydrogens (tertiary/aromatic N) is 3. The highest BCUT2D eigenvalue weighted by Gasteiger charge is 2.13. The van der Waals surface area contributed by atoms with Gasteiger partial charge in [0.15, 0.2) is 11.5 Å². The summed E-state index contributed by atoms with van der Waals surface area (Å²) in [6.07, 6.45) is 1.74. The minimum Gasteiger partial charge on any atom is -0.454 e. The number of ether oxygens (including phenoxy) is 3. The zero-order valence-corrected chi connectivity index (χ0v) is 13.9. The summed E-state index contributed by atoms with van der Waals surface area (Å²) in [5.41, 5.74) is 0.856. The van der Waals surface area contributed by atoms with Crippen molar-refractivity contribution in [3.8, 4) is 11.5 Å². The summed E-state index contributed by atoms with van der Waals surface area (Å²) >= 11 is 0. The summed E-state index contributed by atoms with van der Waals surface area (Å²) in [7, 11) is 0. The Morgan fingerprint density at radius 2 is 1.96 bits per heavy atom. The lowest BCUT2D eigenvalue weighted by molar-refractivity contribution is 0.0398. The Labute approximate surface area is 146 Å². The second-order valence-corrected chi connectivity index (χ2v) is 5.84. The molecule has 0 atom stereocenters. The third-order valence-corrected chi connectivity index (χ3v) is 4.12. The summed E-state index contributed by atoms with van der Waals surface area (Å²) in [5, 5.41) is 6.53. The standard InChI is InChI=1S/C17H21N5O3/c1-2-14-15(25-12-24-14)11-13(1)20-17-19-4-3-16(21-17)18-5-6-22-7-9-23-10-8-22/h1-4,11H,5-10,12H2,(H2,18,19,20,21). The second-order valence-electron chi connectivity index (χ2n) is 5.84. The lowest BCUT2D eigenvalue weighted by atomic mass is 10.3. The molecule has 132 valence electrons. The molecule has 2 N–H and O–H groups in total. The van der Waals surface area contributed by atoms with Gasteiger partial charge >= 0.3 is 0 Å². The van der Waals surface area contributed by atoms with Gasteiger partial charge in [-0.15, -0.1) is 0 Å². The van der Waals surface area contributed by atoms with Gasteiger partial charge in [-0.25, -0.2) is 4.98 Å². The van der Waals surface area contributed by atoms with Crippen LogP contribution < -0.4 is 20.1 Å². The molecule has 1 aromatic heterocycles. The molecule has 2 aliphatic rings. The van der Waals surface area contributed by atoms with E-state index in [0.717, 1.165) is 62.4 Å². The average molecular weight is 343 g/mol. The molecule has 1 fully saturated rings. The molecule has 2 aromatic rings. The van der Waals surface area contributed by atoms with Crippen molar-refractivity contribution >= 4 is 17.5 Å². The average Bonchev–Trinajstić information content (AvgIpc) is 3.11. The van der Waals surface area contributed by atoms with Gasteiger partial charge in [0.1, 0.15) is 5.82 Å². The molecular formula is C17H21N5O3. The van der Waals surface area contributed by atoms with E-state index in [0.29, 0.717) is 5.95 Å². The van der Waals surface area contributed by atoms with Crippen molar-refractivity contribution in [3.63, 3.8) is 0 Å². The first kappa shape index (κ1) is 15.9. The Bertz CT molecular complexity index is 721. The first-order chi connectivity index (χ1) is 12.4. The maximum absolute atomic E-state index is 5.38. The minimum atomic E-state index is 0.262. The molecule has 4 rings (SSSR count). The van der Waals surface area contributed by atoms with Crippen LogP contribution in [0.15, 0.2) is 30.5 Å². The smallest absolute Gasteiger partial charge is 0.231 e. The zero-order valence-electron chi connectivity index (χ0n) is 13.9. The van der Waals surface area contributed by atoms with E-state index in [1.54, 1.807) is 6.20 Å². The van der Waals surface area contributed by atoms with Crippen LogP contribution in [0.3, 0.4) is 0 Å². The van der Waals surface area contributed by atoms with Crippen molar-refractivity contribution in [2.24, 2.45) is 0 Å². The molecule has 0 saturated carbocycles. The molecule has 8 heteroatoms. The van der Waals surface area contributed by atoms with E-state index in [9.17, 15) is 0 Å². The van der Waals surface area contributed by atoms with E-state index in [1.165, 1.54) is 0 Å². The number of hydrogen-bond acceptors (Lipinski definition) is 8. The summed E-state index contributed by atoms with van der Waals surface area (Å²) in [6, 6.07) is 7.53. The van der Waals surface area contributed by atoms with E-state index in [2.05, 4.69) is 25.5 Å². The number of hydrogen-bond donors (Lipinski definition) is 2.